The molecule has 0 radical (unpaired) electrons. The Morgan fingerprint density at radius 2 is 1.87 bits per heavy atom. The lowest BCUT2D eigenvalue weighted by molar-refractivity contribution is 0.0969. The predicted octanol–water partition coefficient (Wildman–Crippen LogP) is 2.85. The summed E-state index contributed by atoms with van der Waals surface area (Å²) in [7, 11) is 0. The van der Waals surface area contributed by atoms with Crippen molar-refractivity contribution in [1.29, 1.82) is 5.26 Å². The van der Waals surface area contributed by atoms with Gasteiger partial charge in [-0.25, -0.2) is 0 Å². The highest BCUT2D eigenvalue weighted by Gasteiger charge is 2.20. The van der Waals surface area contributed by atoms with Gasteiger partial charge in [0.1, 0.15) is 5.75 Å². The van der Waals surface area contributed by atoms with Crippen molar-refractivity contribution in [3.63, 3.8) is 0 Å². The van der Waals surface area contributed by atoms with E-state index in [1.807, 2.05) is 35.2 Å². The zero-order valence-electron chi connectivity index (χ0n) is 16.9. The SMILES string of the molecule is N#CCCN1CCN(C(=S)NC(=O)c2cccc(OCCc3ccccc3)c2)CC1. The molecule has 1 heterocycles. The lowest BCUT2D eigenvalue weighted by Crippen LogP contribution is -2.52. The maximum absolute atomic E-state index is 12.6. The highest BCUT2D eigenvalue weighted by atomic mass is 32.1. The van der Waals surface area contributed by atoms with E-state index in [1.165, 1.54) is 5.56 Å². The Morgan fingerprint density at radius 3 is 2.60 bits per heavy atom. The molecule has 1 aliphatic rings. The van der Waals surface area contributed by atoms with Crippen LogP contribution in [0.4, 0.5) is 0 Å². The number of ether oxygens (including phenoxy) is 1. The van der Waals surface area contributed by atoms with Gasteiger partial charge in [-0.15, -0.1) is 0 Å². The number of benzene rings is 2. The summed E-state index contributed by atoms with van der Waals surface area (Å²) in [6.45, 7) is 4.48. The maximum Gasteiger partial charge on any atom is 0.257 e. The zero-order valence-corrected chi connectivity index (χ0v) is 17.7. The number of nitrogens with zero attached hydrogens (tertiary/aromatic N) is 3. The van der Waals surface area contributed by atoms with Crippen LogP contribution in [-0.2, 0) is 6.42 Å². The average Bonchev–Trinajstić information content (AvgIpc) is 2.79. The number of carbonyl (C=O) groups excluding carboxylic acids is 1. The van der Waals surface area contributed by atoms with Crippen LogP contribution in [0.3, 0.4) is 0 Å². The molecule has 3 rings (SSSR count). The Morgan fingerprint density at radius 1 is 1.10 bits per heavy atom. The minimum atomic E-state index is -0.236. The van der Waals surface area contributed by atoms with Crippen molar-refractivity contribution in [3.05, 3.63) is 65.7 Å². The molecule has 1 fully saturated rings. The molecule has 30 heavy (non-hydrogen) atoms. The van der Waals surface area contributed by atoms with Gasteiger partial charge in [-0.1, -0.05) is 36.4 Å². The molecule has 0 atom stereocenters. The zero-order chi connectivity index (χ0) is 21.2. The second-order valence-electron chi connectivity index (χ2n) is 7.11. The Labute approximate surface area is 183 Å². The average molecular weight is 423 g/mol. The fourth-order valence-corrected chi connectivity index (χ4v) is 3.56. The number of amides is 1. The highest BCUT2D eigenvalue weighted by molar-refractivity contribution is 7.80. The number of rotatable bonds is 7. The molecule has 0 saturated carbocycles. The topological polar surface area (TPSA) is 68.6 Å². The summed E-state index contributed by atoms with van der Waals surface area (Å²) < 4.78 is 5.81. The van der Waals surface area contributed by atoms with E-state index >= 15 is 0 Å². The van der Waals surface area contributed by atoms with Crippen molar-refractivity contribution >= 4 is 23.2 Å². The van der Waals surface area contributed by atoms with Gasteiger partial charge in [0.25, 0.3) is 5.91 Å². The van der Waals surface area contributed by atoms with Crippen molar-refractivity contribution in [2.24, 2.45) is 0 Å². The number of piperazine rings is 1. The number of carbonyl (C=O) groups is 1. The normalized spacial score (nSPS) is 14.0. The molecule has 1 N–H and O–H groups in total. The van der Waals surface area contributed by atoms with Gasteiger partial charge in [-0.05, 0) is 36.0 Å². The number of hydrogen-bond acceptors (Lipinski definition) is 5. The second kappa shape index (κ2) is 11.3. The first-order valence-corrected chi connectivity index (χ1v) is 10.5. The highest BCUT2D eigenvalue weighted by Crippen LogP contribution is 2.14. The van der Waals surface area contributed by atoms with Crippen LogP contribution in [0.2, 0.25) is 0 Å². The van der Waals surface area contributed by atoms with Gasteiger partial charge in [0, 0.05) is 51.1 Å². The summed E-state index contributed by atoms with van der Waals surface area (Å²) in [6.07, 6.45) is 1.34. The smallest absolute Gasteiger partial charge is 0.257 e. The van der Waals surface area contributed by atoms with Crippen LogP contribution >= 0.6 is 12.2 Å². The third-order valence-corrected chi connectivity index (χ3v) is 5.38. The molecule has 1 amide bonds. The number of thiocarbonyl (C=S) groups is 1. The second-order valence-corrected chi connectivity index (χ2v) is 7.49. The number of nitriles is 1. The molecule has 7 heteroatoms. The lowest BCUT2D eigenvalue weighted by atomic mass is 10.2. The van der Waals surface area contributed by atoms with Crippen LogP contribution in [0, 0.1) is 11.3 Å². The molecule has 2 aromatic rings. The summed E-state index contributed by atoms with van der Waals surface area (Å²) >= 11 is 5.43. The predicted molar refractivity (Wildman–Crippen MR) is 120 cm³/mol. The molecule has 1 aliphatic heterocycles. The van der Waals surface area contributed by atoms with E-state index in [0.29, 0.717) is 29.5 Å². The van der Waals surface area contributed by atoms with Gasteiger partial charge in [0.05, 0.1) is 12.7 Å². The minimum Gasteiger partial charge on any atom is -0.493 e. The van der Waals surface area contributed by atoms with Gasteiger partial charge in [-0.2, -0.15) is 5.26 Å². The van der Waals surface area contributed by atoms with Crippen LogP contribution in [0.25, 0.3) is 0 Å². The quantitative estimate of drug-likeness (QED) is 0.692. The third-order valence-electron chi connectivity index (χ3n) is 5.02. The molecule has 156 valence electrons. The Hall–Kier alpha value is -2.95. The summed E-state index contributed by atoms with van der Waals surface area (Å²) in [6, 6.07) is 19.5. The van der Waals surface area contributed by atoms with Gasteiger partial charge >= 0.3 is 0 Å². The fraction of sp³-hybridized carbons (Fsp3) is 0.348. The molecule has 0 aliphatic carbocycles. The fourth-order valence-electron chi connectivity index (χ4n) is 3.29. The van der Waals surface area contributed by atoms with Crippen molar-refractivity contribution < 1.29 is 9.53 Å². The Bertz CT molecular complexity index is 890. The summed E-state index contributed by atoms with van der Waals surface area (Å²) in [5, 5.41) is 12.0. The molecular weight excluding hydrogens is 396 g/mol. The van der Waals surface area contributed by atoms with E-state index in [0.717, 1.165) is 39.1 Å². The first-order valence-electron chi connectivity index (χ1n) is 10.1. The van der Waals surface area contributed by atoms with Gasteiger partial charge in [0.2, 0.25) is 0 Å². The van der Waals surface area contributed by atoms with Crippen LogP contribution in [0.1, 0.15) is 22.3 Å². The largest absolute Gasteiger partial charge is 0.493 e. The molecule has 0 unspecified atom stereocenters. The van der Waals surface area contributed by atoms with Gasteiger partial charge in [-0.3, -0.25) is 15.0 Å². The first-order chi connectivity index (χ1) is 14.7. The minimum absolute atomic E-state index is 0.236. The molecule has 0 aromatic heterocycles. The van der Waals surface area contributed by atoms with E-state index in [4.69, 9.17) is 22.2 Å². The summed E-state index contributed by atoms with van der Waals surface area (Å²) in [4.78, 5) is 16.9. The third kappa shape index (κ3) is 6.55. The van der Waals surface area contributed by atoms with E-state index in [1.54, 1.807) is 12.1 Å². The van der Waals surface area contributed by atoms with Gasteiger partial charge in [0.15, 0.2) is 5.11 Å². The molecule has 0 bridgehead atoms. The van der Waals surface area contributed by atoms with Crippen molar-refractivity contribution in [1.82, 2.24) is 15.1 Å². The van der Waals surface area contributed by atoms with E-state index in [-0.39, 0.29) is 5.91 Å². The van der Waals surface area contributed by atoms with Crippen LogP contribution in [0.5, 0.6) is 5.75 Å². The van der Waals surface area contributed by atoms with E-state index < -0.39 is 0 Å². The number of nitrogens with one attached hydrogen (secondary N) is 1. The van der Waals surface area contributed by atoms with Crippen LogP contribution in [-0.4, -0.2) is 60.2 Å². The molecule has 2 aromatic carbocycles. The van der Waals surface area contributed by atoms with E-state index in [9.17, 15) is 4.79 Å². The maximum atomic E-state index is 12.6. The molecule has 6 nitrogen and oxygen atoms in total. The Kier molecular flexibility index (Phi) is 8.19. The van der Waals surface area contributed by atoms with Crippen molar-refractivity contribution in [2.75, 3.05) is 39.3 Å². The molecule has 0 spiro atoms. The monoisotopic (exact) mass is 422 g/mol. The summed E-state index contributed by atoms with van der Waals surface area (Å²) in [5.74, 6) is 0.427. The van der Waals surface area contributed by atoms with Crippen molar-refractivity contribution in [2.45, 2.75) is 12.8 Å². The number of hydrogen-bond donors (Lipinski definition) is 1. The van der Waals surface area contributed by atoms with Crippen LogP contribution < -0.4 is 10.1 Å². The van der Waals surface area contributed by atoms with Crippen LogP contribution in [0.15, 0.2) is 54.6 Å². The lowest BCUT2D eigenvalue weighted by Gasteiger charge is -2.35. The summed E-state index contributed by atoms with van der Waals surface area (Å²) in [5.41, 5.74) is 1.73. The molecule has 1 saturated heterocycles. The molecular formula is C23H26N4O2S. The Balaban J connectivity index is 1.46. The standard InChI is InChI=1S/C23H26N4O2S/c24-11-5-12-26-13-15-27(16-14-26)23(30)25-22(28)20-8-4-9-21(18-20)29-17-10-19-6-2-1-3-7-19/h1-4,6-9,18H,5,10,12-17H2,(H,25,28,30). The van der Waals surface area contributed by atoms with E-state index in [2.05, 4.69) is 28.4 Å². The van der Waals surface area contributed by atoms with Crippen molar-refractivity contribution in [3.8, 4) is 11.8 Å². The first kappa shape index (κ1) is 21.8. The van der Waals surface area contributed by atoms with Gasteiger partial charge < -0.3 is 9.64 Å².